The minimum Gasteiger partial charge on any atom is -0.393 e. The molecule has 0 aliphatic rings. The van der Waals surface area contributed by atoms with Gasteiger partial charge in [0.15, 0.2) is 5.78 Å². The molecule has 3 nitrogen and oxygen atoms in total. The molecule has 21 heavy (non-hydrogen) atoms. The van der Waals surface area contributed by atoms with Crippen LogP contribution in [0.2, 0.25) is 0 Å². The van der Waals surface area contributed by atoms with Gasteiger partial charge in [-0.2, -0.15) is 0 Å². The average Bonchev–Trinajstić information content (AvgIpc) is 2.49. The van der Waals surface area contributed by atoms with Gasteiger partial charge in [0.1, 0.15) is 6.61 Å². The van der Waals surface area contributed by atoms with E-state index in [0.29, 0.717) is 12.0 Å². The number of carbonyl (C=O) groups excluding carboxylic acids is 1. The first kappa shape index (κ1) is 17.9. The van der Waals surface area contributed by atoms with Crippen molar-refractivity contribution in [3.63, 3.8) is 0 Å². The zero-order valence-corrected chi connectivity index (χ0v) is 13.3. The molecular weight excluding hydrogens is 264 g/mol. The third-order valence-electron chi connectivity index (χ3n) is 3.53. The third-order valence-corrected chi connectivity index (χ3v) is 3.53. The van der Waals surface area contributed by atoms with Crippen LogP contribution in [0, 0.1) is 0 Å². The second-order valence-electron chi connectivity index (χ2n) is 5.66. The molecule has 1 N–H and O–H groups in total. The van der Waals surface area contributed by atoms with Crippen LogP contribution in [-0.4, -0.2) is 29.7 Å². The second kappa shape index (κ2) is 10.5. The first-order valence-corrected chi connectivity index (χ1v) is 8.01. The van der Waals surface area contributed by atoms with E-state index in [1.54, 1.807) is 19.1 Å². The van der Waals surface area contributed by atoms with Crippen LogP contribution in [0.25, 0.3) is 0 Å². The Morgan fingerprint density at radius 1 is 1.19 bits per heavy atom. The van der Waals surface area contributed by atoms with Crippen molar-refractivity contribution in [3.05, 3.63) is 35.9 Å². The summed E-state index contributed by atoms with van der Waals surface area (Å²) in [5.74, 6) is -0.000231. The first-order valence-electron chi connectivity index (χ1n) is 8.01. The molecule has 0 aliphatic heterocycles. The normalized spacial score (nSPS) is 13.9. The first-order chi connectivity index (χ1) is 10.1. The van der Waals surface area contributed by atoms with E-state index in [-0.39, 0.29) is 18.5 Å². The second-order valence-corrected chi connectivity index (χ2v) is 5.66. The van der Waals surface area contributed by atoms with Crippen molar-refractivity contribution in [2.24, 2.45) is 0 Å². The smallest absolute Gasteiger partial charge is 0.188 e. The van der Waals surface area contributed by atoms with E-state index in [4.69, 9.17) is 4.74 Å². The predicted molar refractivity (Wildman–Crippen MR) is 85.6 cm³/mol. The fourth-order valence-electron chi connectivity index (χ4n) is 2.35. The summed E-state index contributed by atoms with van der Waals surface area (Å²) in [5, 5.41) is 9.54. The van der Waals surface area contributed by atoms with Crippen molar-refractivity contribution in [1.29, 1.82) is 0 Å². The van der Waals surface area contributed by atoms with E-state index in [1.165, 1.54) is 19.3 Å². The SMILES string of the molecule is CCCCCCC(CC(C)O)OCC(=O)c1ccccc1. The number of aliphatic hydroxyl groups excluding tert-OH is 1. The lowest BCUT2D eigenvalue weighted by molar-refractivity contribution is 0.0146. The standard InChI is InChI=1S/C18H28O3/c1-3-4-5-9-12-17(13-15(2)19)21-14-18(20)16-10-7-6-8-11-16/h6-8,10-11,15,17,19H,3-5,9,12-14H2,1-2H3. The fraction of sp³-hybridized carbons (Fsp3) is 0.611. The fourth-order valence-corrected chi connectivity index (χ4v) is 2.35. The van der Waals surface area contributed by atoms with Crippen molar-refractivity contribution in [2.75, 3.05) is 6.61 Å². The topological polar surface area (TPSA) is 46.5 Å². The molecule has 1 aromatic carbocycles. The Kier molecular flexibility index (Phi) is 8.95. The molecule has 0 spiro atoms. The van der Waals surface area contributed by atoms with Crippen molar-refractivity contribution >= 4 is 5.78 Å². The van der Waals surface area contributed by atoms with Gasteiger partial charge in [-0.1, -0.05) is 62.9 Å². The summed E-state index contributed by atoms with van der Waals surface area (Å²) in [6, 6.07) is 9.20. The predicted octanol–water partition coefficient (Wildman–Crippen LogP) is 4.00. The Balaban J connectivity index is 2.39. The minimum atomic E-state index is -0.395. The molecule has 0 heterocycles. The maximum Gasteiger partial charge on any atom is 0.188 e. The van der Waals surface area contributed by atoms with Gasteiger partial charge in [-0.3, -0.25) is 4.79 Å². The van der Waals surface area contributed by atoms with E-state index < -0.39 is 6.10 Å². The molecule has 0 radical (unpaired) electrons. The van der Waals surface area contributed by atoms with Crippen LogP contribution in [0.4, 0.5) is 0 Å². The molecule has 0 fully saturated rings. The summed E-state index contributed by atoms with van der Waals surface area (Å²) >= 11 is 0. The molecule has 0 aliphatic carbocycles. The number of rotatable bonds is 11. The van der Waals surface area contributed by atoms with Crippen LogP contribution in [-0.2, 0) is 4.74 Å². The molecule has 118 valence electrons. The van der Waals surface area contributed by atoms with Gasteiger partial charge in [-0.25, -0.2) is 0 Å². The molecule has 2 unspecified atom stereocenters. The highest BCUT2D eigenvalue weighted by Gasteiger charge is 2.14. The zero-order valence-electron chi connectivity index (χ0n) is 13.3. The Morgan fingerprint density at radius 3 is 2.52 bits per heavy atom. The number of aliphatic hydroxyl groups is 1. The number of hydrogen-bond donors (Lipinski definition) is 1. The summed E-state index contributed by atoms with van der Waals surface area (Å²) in [6.07, 6.45) is 5.77. The molecule has 0 bridgehead atoms. The number of ketones is 1. The van der Waals surface area contributed by atoms with Crippen LogP contribution >= 0.6 is 0 Å². The lowest BCUT2D eigenvalue weighted by Gasteiger charge is -2.19. The summed E-state index contributed by atoms with van der Waals surface area (Å²) < 4.78 is 5.74. The number of unbranched alkanes of at least 4 members (excludes halogenated alkanes) is 3. The molecule has 0 amide bonds. The van der Waals surface area contributed by atoms with Gasteiger partial charge in [0.2, 0.25) is 0 Å². The van der Waals surface area contributed by atoms with Crippen LogP contribution in [0.15, 0.2) is 30.3 Å². The van der Waals surface area contributed by atoms with Crippen molar-refractivity contribution in [2.45, 2.75) is 64.6 Å². The lowest BCUT2D eigenvalue weighted by Crippen LogP contribution is -2.22. The van der Waals surface area contributed by atoms with Gasteiger partial charge < -0.3 is 9.84 Å². The van der Waals surface area contributed by atoms with Crippen LogP contribution in [0.3, 0.4) is 0 Å². The Labute approximate surface area is 128 Å². The molecule has 0 saturated heterocycles. The molecule has 2 atom stereocenters. The number of hydrogen-bond acceptors (Lipinski definition) is 3. The highest BCUT2D eigenvalue weighted by atomic mass is 16.5. The highest BCUT2D eigenvalue weighted by Crippen LogP contribution is 2.14. The Hall–Kier alpha value is -1.19. The van der Waals surface area contributed by atoms with E-state index >= 15 is 0 Å². The summed E-state index contributed by atoms with van der Waals surface area (Å²) in [4.78, 5) is 12.0. The van der Waals surface area contributed by atoms with Gasteiger partial charge in [0.25, 0.3) is 0 Å². The highest BCUT2D eigenvalue weighted by molar-refractivity contribution is 5.96. The van der Waals surface area contributed by atoms with E-state index in [0.717, 1.165) is 12.8 Å². The van der Waals surface area contributed by atoms with Crippen molar-refractivity contribution in [1.82, 2.24) is 0 Å². The maximum absolute atomic E-state index is 12.0. The van der Waals surface area contributed by atoms with Crippen LogP contribution < -0.4 is 0 Å². The lowest BCUT2D eigenvalue weighted by atomic mass is 10.0. The number of ether oxygens (including phenoxy) is 1. The van der Waals surface area contributed by atoms with E-state index in [2.05, 4.69) is 6.92 Å². The van der Waals surface area contributed by atoms with Gasteiger partial charge in [0, 0.05) is 5.56 Å². The van der Waals surface area contributed by atoms with Gasteiger partial charge in [-0.05, 0) is 19.8 Å². The number of carbonyl (C=O) groups is 1. The van der Waals surface area contributed by atoms with Gasteiger partial charge in [0.05, 0.1) is 12.2 Å². The molecule has 0 saturated carbocycles. The van der Waals surface area contributed by atoms with Gasteiger partial charge in [-0.15, -0.1) is 0 Å². The molecule has 1 aromatic rings. The van der Waals surface area contributed by atoms with E-state index in [9.17, 15) is 9.90 Å². The van der Waals surface area contributed by atoms with E-state index in [1.807, 2.05) is 18.2 Å². The van der Waals surface area contributed by atoms with Crippen molar-refractivity contribution < 1.29 is 14.6 Å². The quantitative estimate of drug-likeness (QED) is 0.495. The Bertz CT molecular complexity index is 387. The molecule has 0 aromatic heterocycles. The number of benzene rings is 1. The Morgan fingerprint density at radius 2 is 1.90 bits per heavy atom. The van der Waals surface area contributed by atoms with Crippen LogP contribution in [0.5, 0.6) is 0 Å². The monoisotopic (exact) mass is 292 g/mol. The zero-order chi connectivity index (χ0) is 15.5. The molecule has 1 rings (SSSR count). The minimum absolute atomic E-state index is 0.000231. The largest absolute Gasteiger partial charge is 0.393 e. The number of Topliss-reactive ketones (excluding diaryl/α,β-unsaturated/α-hetero) is 1. The maximum atomic E-state index is 12.0. The molecular formula is C18H28O3. The van der Waals surface area contributed by atoms with Crippen molar-refractivity contribution in [3.8, 4) is 0 Å². The third kappa shape index (κ3) is 7.98. The van der Waals surface area contributed by atoms with Gasteiger partial charge >= 0.3 is 0 Å². The molecule has 3 heteroatoms. The summed E-state index contributed by atoms with van der Waals surface area (Å²) in [7, 11) is 0. The summed E-state index contributed by atoms with van der Waals surface area (Å²) in [5.41, 5.74) is 0.680. The van der Waals surface area contributed by atoms with Crippen LogP contribution in [0.1, 0.15) is 62.7 Å². The average molecular weight is 292 g/mol. The summed E-state index contributed by atoms with van der Waals surface area (Å²) in [6.45, 7) is 4.04.